The van der Waals surface area contributed by atoms with Gasteiger partial charge in [0, 0.05) is 14.1 Å². The van der Waals surface area contributed by atoms with Gasteiger partial charge in [0.2, 0.25) is 5.95 Å². The molecular formula is C14H18N6O5. The first-order valence-electron chi connectivity index (χ1n) is 7.71. The van der Waals surface area contributed by atoms with Gasteiger partial charge in [-0.2, -0.15) is 4.98 Å². The van der Waals surface area contributed by atoms with Crippen molar-refractivity contribution in [1.29, 1.82) is 0 Å². The molecule has 2 saturated heterocycles. The molecule has 25 heavy (non-hydrogen) atoms. The van der Waals surface area contributed by atoms with Crippen LogP contribution in [0.2, 0.25) is 0 Å². The third-order valence-electron chi connectivity index (χ3n) is 4.38. The van der Waals surface area contributed by atoms with Gasteiger partial charge in [0.1, 0.15) is 17.8 Å². The average Bonchev–Trinajstić information content (AvgIpc) is 3.23. The maximum Gasteiger partial charge on any atom is 0.280 e. The van der Waals surface area contributed by atoms with Gasteiger partial charge < -0.3 is 24.6 Å². The van der Waals surface area contributed by atoms with E-state index in [1.807, 2.05) is 0 Å². The number of aliphatic hydroxyl groups excluding tert-OH is 2. The summed E-state index contributed by atoms with van der Waals surface area (Å²) >= 11 is 0. The predicted molar refractivity (Wildman–Crippen MR) is 85.7 cm³/mol. The molecule has 4 heterocycles. The highest BCUT2D eigenvalue weighted by Gasteiger charge is 2.61. The number of H-pyrrole nitrogens is 1. The van der Waals surface area contributed by atoms with Crippen molar-refractivity contribution in [3.63, 3.8) is 0 Å². The van der Waals surface area contributed by atoms with Gasteiger partial charge in [0.15, 0.2) is 17.4 Å². The lowest BCUT2D eigenvalue weighted by molar-refractivity contribution is -0.185. The van der Waals surface area contributed by atoms with Crippen LogP contribution in [0.3, 0.4) is 0 Å². The Hall–Kier alpha value is -2.34. The molecule has 3 N–H and O–H groups in total. The lowest BCUT2D eigenvalue weighted by Gasteiger charge is -2.29. The normalized spacial score (nSPS) is 31.4. The Bertz CT molecular complexity index is 891. The van der Waals surface area contributed by atoms with E-state index >= 15 is 0 Å². The van der Waals surface area contributed by atoms with Crippen LogP contribution in [0.5, 0.6) is 0 Å². The zero-order valence-corrected chi connectivity index (χ0v) is 13.7. The van der Waals surface area contributed by atoms with Crippen molar-refractivity contribution in [3.8, 4) is 0 Å². The summed E-state index contributed by atoms with van der Waals surface area (Å²) < 4.78 is 12.9. The fourth-order valence-electron chi connectivity index (χ4n) is 3.09. The summed E-state index contributed by atoms with van der Waals surface area (Å²) in [4.78, 5) is 28.9. The largest absolute Gasteiger partial charge is 0.393 e. The van der Waals surface area contributed by atoms with Crippen LogP contribution >= 0.6 is 0 Å². The molecule has 2 aromatic heterocycles. The highest BCUT2D eigenvalue weighted by Crippen LogP contribution is 2.45. The Morgan fingerprint density at radius 2 is 2.40 bits per heavy atom. The number of nitrogens with one attached hydrogen (secondary N) is 1. The van der Waals surface area contributed by atoms with E-state index in [4.69, 9.17) is 9.47 Å². The van der Waals surface area contributed by atoms with Gasteiger partial charge in [0.25, 0.3) is 5.56 Å². The minimum atomic E-state index is -1.17. The predicted octanol–water partition coefficient (Wildman–Crippen LogP) is -1.64. The average molecular weight is 350 g/mol. The molecule has 4 rings (SSSR count). The molecule has 0 amide bonds. The van der Waals surface area contributed by atoms with E-state index in [1.54, 1.807) is 19.0 Å². The molecule has 0 saturated carbocycles. The molecule has 4 unspecified atom stereocenters. The number of fused-ring (bicyclic) bond motifs is 3. The second kappa shape index (κ2) is 5.59. The van der Waals surface area contributed by atoms with E-state index in [0.717, 1.165) is 0 Å². The van der Waals surface area contributed by atoms with E-state index in [9.17, 15) is 15.0 Å². The molecule has 2 fully saturated rings. The van der Waals surface area contributed by atoms with Crippen LogP contribution in [0.1, 0.15) is 6.23 Å². The van der Waals surface area contributed by atoms with Crippen LogP contribution < -0.4 is 5.56 Å². The van der Waals surface area contributed by atoms with E-state index in [2.05, 4.69) is 19.9 Å². The monoisotopic (exact) mass is 350 g/mol. The molecule has 4 atom stereocenters. The van der Waals surface area contributed by atoms with Crippen LogP contribution in [-0.4, -0.2) is 86.1 Å². The molecule has 2 aliphatic heterocycles. The van der Waals surface area contributed by atoms with Crippen molar-refractivity contribution >= 4 is 23.5 Å². The van der Waals surface area contributed by atoms with Crippen molar-refractivity contribution in [1.82, 2.24) is 24.4 Å². The first-order valence-corrected chi connectivity index (χ1v) is 7.71. The molecule has 0 aliphatic carbocycles. The Morgan fingerprint density at radius 1 is 1.60 bits per heavy atom. The zero-order chi connectivity index (χ0) is 17.8. The van der Waals surface area contributed by atoms with Gasteiger partial charge in [-0.05, 0) is 0 Å². The summed E-state index contributed by atoms with van der Waals surface area (Å²) in [5, 5.41) is 19.9. The Morgan fingerprint density at radius 3 is 3.08 bits per heavy atom. The smallest absolute Gasteiger partial charge is 0.280 e. The number of imidazole rings is 1. The van der Waals surface area contributed by atoms with E-state index in [-0.39, 0.29) is 30.3 Å². The van der Waals surface area contributed by atoms with Crippen molar-refractivity contribution in [2.24, 2.45) is 4.99 Å². The van der Waals surface area contributed by atoms with Gasteiger partial charge >= 0.3 is 0 Å². The minimum absolute atomic E-state index is 0.102. The van der Waals surface area contributed by atoms with Crippen LogP contribution in [-0.2, 0) is 9.47 Å². The third-order valence-corrected chi connectivity index (χ3v) is 4.38. The molecular weight excluding hydrogens is 332 g/mol. The maximum absolute atomic E-state index is 12.2. The van der Waals surface area contributed by atoms with Crippen LogP contribution in [0, 0.1) is 0 Å². The second-order valence-electron chi connectivity index (χ2n) is 6.37. The van der Waals surface area contributed by atoms with Gasteiger partial charge in [0.05, 0.1) is 25.9 Å². The first-order chi connectivity index (χ1) is 11.9. The van der Waals surface area contributed by atoms with E-state index in [1.165, 1.54) is 17.2 Å². The summed E-state index contributed by atoms with van der Waals surface area (Å²) in [6.07, 6.45) is 0.499. The number of hydrogen-bond acceptors (Lipinski definition) is 8. The van der Waals surface area contributed by atoms with Crippen LogP contribution in [0.4, 0.5) is 5.95 Å². The van der Waals surface area contributed by atoms with Crippen molar-refractivity contribution < 1.29 is 19.7 Å². The van der Waals surface area contributed by atoms with Crippen molar-refractivity contribution in [2.75, 3.05) is 27.3 Å². The van der Waals surface area contributed by atoms with Gasteiger partial charge in [-0.25, -0.2) is 9.98 Å². The first kappa shape index (κ1) is 16.1. The molecule has 0 aromatic carbocycles. The molecule has 2 bridgehead atoms. The Labute approximate surface area is 141 Å². The van der Waals surface area contributed by atoms with Gasteiger partial charge in [-0.1, -0.05) is 0 Å². The standard InChI is InChI=1S/C14H18N6O5/c1-19(2)5-16-13-17-10-7(11(23)18-13)15-6-20(10)12-8-9(22)14(3-21,25-12)4-24-8/h5-6,8-9,12,21-22H,3-4H2,1-2H3,(H,17,18,23)/b16-5+. The number of aliphatic hydroxyl groups is 2. The minimum Gasteiger partial charge on any atom is -0.393 e. The van der Waals surface area contributed by atoms with E-state index in [0.29, 0.717) is 0 Å². The second-order valence-corrected chi connectivity index (χ2v) is 6.37. The van der Waals surface area contributed by atoms with E-state index < -0.39 is 29.6 Å². The van der Waals surface area contributed by atoms with Crippen LogP contribution in [0.25, 0.3) is 11.2 Å². The fourth-order valence-corrected chi connectivity index (χ4v) is 3.09. The molecule has 11 nitrogen and oxygen atoms in total. The van der Waals surface area contributed by atoms with Gasteiger partial charge in [-0.15, -0.1) is 0 Å². The molecule has 134 valence electrons. The molecule has 2 aliphatic rings. The Kier molecular flexibility index (Phi) is 3.61. The molecule has 0 radical (unpaired) electrons. The molecule has 2 aromatic rings. The summed E-state index contributed by atoms with van der Waals surface area (Å²) in [5.74, 6) is 0.120. The van der Waals surface area contributed by atoms with Gasteiger partial charge in [-0.3, -0.25) is 14.3 Å². The number of nitrogens with zero attached hydrogens (tertiary/aromatic N) is 5. The topological polar surface area (TPSA) is 138 Å². The fraction of sp³-hybridized carbons (Fsp3) is 0.571. The Balaban J connectivity index is 1.78. The lowest BCUT2D eigenvalue weighted by Crippen LogP contribution is -2.44. The lowest BCUT2D eigenvalue weighted by atomic mass is 10.0. The highest BCUT2D eigenvalue weighted by molar-refractivity contribution is 5.71. The number of hydrogen-bond donors (Lipinski definition) is 3. The summed E-state index contributed by atoms with van der Waals surface area (Å²) in [6.45, 7) is -0.273. The summed E-state index contributed by atoms with van der Waals surface area (Å²) in [5.41, 5.74) is -1.21. The summed E-state index contributed by atoms with van der Waals surface area (Å²) in [6, 6.07) is 0. The van der Waals surface area contributed by atoms with Crippen LogP contribution in [0.15, 0.2) is 16.1 Å². The number of aromatic amines is 1. The number of aliphatic imine (C=N–C) groups is 1. The SMILES string of the molecule is CN(C)/C=N/c1nc2c(ncn2C2OC3(CO)COC2C3O)c(=O)[nH]1. The number of rotatable bonds is 4. The maximum atomic E-state index is 12.2. The number of ether oxygens (including phenoxy) is 2. The molecule has 11 heteroatoms. The number of aromatic nitrogens is 4. The highest BCUT2D eigenvalue weighted by atomic mass is 16.7. The quantitative estimate of drug-likeness (QED) is 0.441. The summed E-state index contributed by atoms with van der Waals surface area (Å²) in [7, 11) is 3.58. The third kappa shape index (κ3) is 2.35. The van der Waals surface area contributed by atoms with Crippen molar-refractivity contribution in [2.45, 2.75) is 24.0 Å². The molecule has 0 spiro atoms. The zero-order valence-electron chi connectivity index (χ0n) is 13.7. The van der Waals surface area contributed by atoms with Crippen molar-refractivity contribution in [3.05, 3.63) is 16.7 Å².